The molecule has 0 saturated heterocycles. The van der Waals surface area contributed by atoms with Gasteiger partial charge in [-0.25, -0.2) is 4.98 Å². The molecule has 0 amide bonds. The lowest BCUT2D eigenvalue weighted by Crippen LogP contribution is -2.01. The Bertz CT molecular complexity index is 471. The average Bonchev–Trinajstić information content (AvgIpc) is 2.79. The predicted octanol–water partition coefficient (Wildman–Crippen LogP) is 3.36. The van der Waals surface area contributed by atoms with Gasteiger partial charge < -0.3 is 9.15 Å². The first-order valence-corrected chi connectivity index (χ1v) is 6.26. The molecule has 17 heavy (non-hydrogen) atoms. The Morgan fingerprint density at radius 3 is 3.00 bits per heavy atom. The number of halogens is 1. The minimum Gasteiger partial charge on any atom is -0.469 e. The van der Waals surface area contributed by atoms with E-state index in [9.17, 15) is 0 Å². The van der Waals surface area contributed by atoms with Crippen molar-refractivity contribution in [2.24, 2.45) is 0 Å². The maximum absolute atomic E-state index is 5.54. The van der Waals surface area contributed by atoms with Crippen LogP contribution in [0.3, 0.4) is 0 Å². The van der Waals surface area contributed by atoms with Crippen molar-refractivity contribution < 1.29 is 9.15 Å². The number of rotatable bonds is 5. The molecule has 90 valence electrons. The van der Waals surface area contributed by atoms with Crippen LogP contribution in [0.1, 0.15) is 24.9 Å². The molecule has 0 bridgehead atoms. The Labute approximate surface area is 108 Å². The lowest BCUT2D eigenvalue weighted by atomic mass is 10.3. The summed E-state index contributed by atoms with van der Waals surface area (Å²) < 4.78 is 11.5. The third kappa shape index (κ3) is 3.56. The third-order valence-corrected chi connectivity index (χ3v) is 2.54. The third-order valence-electron chi connectivity index (χ3n) is 2.13. The maximum Gasteiger partial charge on any atom is 0.218 e. The molecule has 0 aromatic carbocycles. The van der Waals surface area contributed by atoms with Gasteiger partial charge in [0, 0.05) is 12.5 Å². The fraction of sp³-hybridized carbons (Fsp3) is 0.333. The van der Waals surface area contributed by atoms with Gasteiger partial charge in [0.2, 0.25) is 5.88 Å². The first kappa shape index (κ1) is 12.1. The smallest absolute Gasteiger partial charge is 0.218 e. The van der Waals surface area contributed by atoms with Crippen LogP contribution in [0.15, 0.2) is 33.5 Å². The van der Waals surface area contributed by atoms with Crippen molar-refractivity contribution in [3.8, 4) is 5.88 Å². The highest BCUT2D eigenvalue weighted by Gasteiger charge is 2.04. The van der Waals surface area contributed by atoms with Crippen molar-refractivity contribution in [1.29, 1.82) is 0 Å². The second-order valence-corrected chi connectivity index (χ2v) is 4.38. The van der Waals surface area contributed by atoms with Crippen LogP contribution in [0.25, 0.3) is 0 Å². The van der Waals surface area contributed by atoms with Gasteiger partial charge in [0.15, 0.2) is 0 Å². The number of nitrogens with zero attached hydrogens (tertiary/aromatic N) is 2. The van der Waals surface area contributed by atoms with E-state index in [1.54, 1.807) is 12.3 Å². The topological polar surface area (TPSA) is 48.2 Å². The summed E-state index contributed by atoms with van der Waals surface area (Å²) in [7, 11) is 0. The SMILES string of the molecule is CCCc1nc(Br)cc(OCc2ccco2)n1. The number of ether oxygens (including phenoxy) is 1. The molecule has 0 radical (unpaired) electrons. The van der Waals surface area contributed by atoms with Crippen LogP contribution >= 0.6 is 15.9 Å². The summed E-state index contributed by atoms with van der Waals surface area (Å²) in [6, 6.07) is 5.45. The zero-order valence-electron chi connectivity index (χ0n) is 9.52. The van der Waals surface area contributed by atoms with Crippen molar-refractivity contribution in [2.75, 3.05) is 0 Å². The number of furan rings is 1. The Morgan fingerprint density at radius 1 is 1.41 bits per heavy atom. The predicted molar refractivity (Wildman–Crippen MR) is 66.8 cm³/mol. The normalized spacial score (nSPS) is 10.5. The van der Waals surface area contributed by atoms with Gasteiger partial charge in [0.25, 0.3) is 0 Å². The molecule has 0 saturated carbocycles. The molecular weight excluding hydrogens is 284 g/mol. The minimum absolute atomic E-state index is 0.377. The number of aryl methyl sites for hydroxylation is 1. The van der Waals surface area contributed by atoms with E-state index in [0.29, 0.717) is 12.5 Å². The van der Waals surface area contributed by atoms with Crippen LogP contribution in [0, 0.1) is 0 Å². The molecule has 0 aliphatic rings. The maximum atomic E-state index is 5.54. The Hall–Kier alpha value is -1.36. The number of aromatic nitrogens is 2. The highest BCUT2D eigenvalue weighted by atomic mass is 79.9. The van der Waals surface area contributed by atoms with Crippen molar-refractivity contribution >= 4 is 15.9 Å². The summed E-state index contributed by atoms with van der Waals surface area (Å²) in [6.07, 6.45) is 3.47. The zero-order chi connectivity index (χ0) is 12.1. The molecule has 0 atom stereocenters. The molecule has 0 N–H and O–H groups in total. The quantitative estimate of drug-likeness (QED) is 0.794. The lowest BCUT2D eigenvalue weighted by molar-refractivity contribution is 0.259. The summed E-state index contributed by atoms with van der Waals surface area (Å²) in [5, 5.41) is 0. The average molecular weight is 297 g/mol. The van der Waals surface area contributed by atoms with Gasteiger partial charge in [-0.1, -0.05) is 6.92 Å². The molecule has 2 aromatic heterocycles. The highest BCUT2D eigenvalue weighted by Crippen LogP contribution is 2.16. The lowest BCUT2D eigenvalue weighted by Gasteiger charge is -2.05. The fourth-order valence-electron chi connectivity index (χ4n) is 1.39. The highest BCUT2D eigenvalue weighted by molar-refractivity contribution is 9.10. The number of hydrogen-bond acceptors (Lipinski definition) is 4. The summed E-state index contributed by atoms with van der Waals surface area (Å²) in [6.45, 7) is 2.47. The molecule has 2 rings (SSSR count). The van der Waals surface area contributed by atoms with E-state index in [1.807, 2.05) is 12.1 Å². The molecule has 2 aromatic rings. The van der Waals surface area contributed by atoms with Gasteiger partial charge in [0.05, 0.1) is 6.26 Å². The van der Waals surface area contributed by atoms with E-state index in [4.69, 9.17) is 9.15 Å². The van der Waals surface area contributed by atoms with Crippen molar-refractivity contribution in [1.82, 2.24) is 9.97 Å². The van der Waals surface area contributed by atoms with Gasteiger partial charge >= 0.3 is 0 Å². The fourth-order valence-corrected chi connectivity index (χ4v) is 1.79. The van der Waals surface area contributed by atoms with Crippen LogP contribution < -0.4 is 4.74 Å². The van der Waals surface area contributed by atoms with E-state index in [2.05, 4.69) is 32.8 Å². The van der Waals surface area contributed by atoms with Crippen LogP contribution in [-0.4, -0.2) is 9.97 Å². The van der Waals surface area contributed by atoms with Crippen LogP contribution in [-0.2, 0) is 13.0 Å². The van der Waals surface area contributed by atoms with Crippen molar-refractivity contribution in [2.45, 2.75) is 26.4 Å². The monoisotopic (exact) mass is 296 g/mol. The Morgan fingerprint density at radius 2 is 2.29 bits per heavy atom. The molecule has 0 spiro atoms. The molecular formula is C12H13BrN2O2. The first-order valence-electron chi connectivity index (χ1n) is 5.46. The second kappa shape index (κ2) is 5.82. The van der Waals surface area contributed by atoms with Gasteiger partial charge in [-0.05, 0) is 34.5 Å². The Balaban J connectivity index is 2.04. The van der Waals surface area contributed by atoms with E-state index in [1.165, 1.54) is 0 Å². The molecule has 4 nitrogen and oxygen atoms in total. The summed E-state index contributed by atoms with van der Waals surface area (Å²) >= 11 is 3.35. The number of hydrogen-bond donors (Lipinski definition) is 0. The standard InChI is InChI=1S/C12H13BrN2O2/c1-2-4-11-14-10(13)7-12(15-11)17-8-9-5-3-6-16-9/h3,5-7H,2,4,8H2,1H3. The van der Waals surface area contributed by atoms with Gasteiger partial charge in [-0.15, -0.1) is 0 Å². The van der Waals surface area contributed by atoms with E-state index >= 15 is 0 Å². The zero-order valence-corrected chi connectivity index (χ0v) is 11.1. The van der Waals surface area contributed by atoms with E-state index in [-0.39, 0.29) is 0 Å². The summed E-state index contributed by atoms with van der Waals surface area (Å²) in [5.41, 5.74) is 0. The largest absolute Gasteiger partial charge is 0.469 e. The van der Waals surface area contributed by atoms with Crippen molar-refractivity contribution in [3.63, 3.8) is 0 Å². The Kier molecular flexibility index (Phi) is 4.14. The van der Waals surface area contributed by atoms with E-state index < -0.39 is 0 Å². The van der Waals surface area contributed by atoms with Gasteiger partial charge in [-0.2, -0.15) is 4.98 Å². The molecule has 0 unspecified atom stereocenters. The molecule has 2 heterocycles. The second-order valence-electron chi connectivity index (χ2n) is 3.56. The summed E-state index contributed by atoms with van der Waals surface area (Å²) in [5.74, 6) is 2.12. The molecule has 5 heteroatoms. The molecule has 0 fully saturated rings. The van der Waals surface area contributed by atoms with Crippen molar-refractivity contribution in [3.05, 3.63) is 40.7 Å². The van der Waals surface area contributed by atoms with Gasteiger partial charge in [-0.3, -0.25) is 0 Å². The van der Waals surface area contributed by atoms with Crippen LogP contribution in [0.5, 0.6) is 5.88 Å². The molecule has 0 aliphatic heterocycles. The van der Waals surface area contributed by atoms with E-state index in [0.717, 1.165) is 29.0 Å². The van der Waals surface area contributed by atoms with Gasteiger partial charge in [0.1, 0.15) is 22.8 Å². The first-order chi connectivity index (χ1) is 8.28. The summed E-state index contributed by atoms with van der Waals surface area (Å²) in [4.78, 5) is 8.59. The van der Waals surface area contributed by atoms with Crippen LogP contribution in [0.4, 0.5) is 0 Å². The molecule has 0 aliphatic carbocycles. The minimum atomic E-state index is 0.377. The van der Waals surface area contributed by atoms with Crippen LogP contribution in [0.2, 0.25) is 0 Å².